The molecule has 1 aliphatic rings. The molecule has 0 fully saturated rings. The standard InChI is InChI=1S/C14H17NO3S/c1-2-7-15(9-13(16)17)14(18)11-4-3-5-12-10(11)6-8-19-12/h2,6,8,11H,1,3-5,7,9H2,(H,16,17). The molecule has 0 aromatic carbocycles. The molecule has 4 nitrogen and oxygen atoms in total. The third-order valence-corrected chi connectivity index (χ3v) is 4.33. The van der Waals surface area contributed by atoms with Crippen LogP contribution in [0.1, 0.15) is 29.2 Å². The second kappa shape index (κ2) is 6.02. The number of amides is 1. The normalized spacial score (nSPS) is 17.6. The van der Waals surface area contributed by atoms with Crippen LogP contribution in [0, 0.1) is 0 Å². The zero-order chi connectivity index (χ0) is 13.8. The van der Waals surface area contributed by atoms with Crippen LogP contribution in [0.15, 0.2) is 24.1 Å². The third-order valence-electron chi connectivity index (χ3n) is 3.34. The van der Waals surface area contributed by atoms with Gasteiger partial charge in [0, 0.05) is 11.4 Å². The van der Waals surface area contributed by atoms with E-state index in [0.717, 1.165) is 24.8 Å². The van der Waals surface area contributed by atoms with Crippen molar-refractivity contribution in [2.45, 2.75) is 25.2 Å². The van der Waals surface area contributed by atoms with Crippen LogP contribution >= 0.6 is 11.3 Å². The molecule has 19 heavy (non-hydrogen) atoms. The molecule has 0 spiro atoms. The maximum absolute atomic E-state index is 12.5. The zero-order valence-electron chi connectivity index (χ0n) is 10.7. The number of carbonyl (C=O) groups is 2. The summed E-state index contributed by atoms with van der Waals surface area (Å²) < 4.78 is 0. The Morgan fingerprint density at radius 1 is 1.58 bits per heavy atom. The Morgan fingerprint density at radius 2 is 2.37 bits per heavy atom. The van der Waals surface area contributed by atoms with E-state index in [0.29, 0.717) is 0 Å². The summed E-state index contributed by atoms with van der Waals surface area (Å²) in [5.74, 6) is -1.27. The van der Waals surface area contributed by atoms with Gasteiger partial charge in [-0.3, -0.25) is 9.59 Å². The molecule has 1 heterocycles. The molecule has 0 saturated heterocycles. The van der Waals surface area contributed by atoms with Gasteiger partial charge in [0.15, 0.2) is 0 Å². The number of thiophene rings is 1. The molecule has 0 aliphatic heterocycles. The van der Waals surface area contributed by atoms with E-state index in [1.807, 2.05) is 11.4 Å². The molecule has 0 radical (unpaired) electrons. The van der Waals surface area contributed by atoms with Crippen molar-refractivity contribution < 1.29 is 14.7 Å². The lowest BCUT2D eigenvalue weighted by Crippen LogP contribution is -2.39. The maximum Gasteiger partial charge on any atom is 0.323 e. The molecule has 1 N–H and O–H groups in total. The first-order valence-corrected chi connectivity index (χ1v) is 7.19. The summed E-state index contributed by atoms with van der Waals surface area (Å²) in [5, 5.41) is 10.9. The van der Waals surface area contributed by atoms with Gasteiger partial charge in [-0.1, -0.05) is 6.08 Å². The maximum atomic E-state index is 12.5. The quantitative estimate of drug-likeness (QED) is 0.841. The number of hydrogen-bond donors (Lipinski definition) is 1. The van der Waals surface area contributed by atoms with E-state index in [1.165, 1.54) is 9.78 Å². The first-order chi connectivity index (χ1) is 9.13. The Morgan fingerprint density at radius 3 is 3.05 bits per heavy atom. The van der Waals surface area contributed by atoms with Crippen molar-refractivity contribution in [1.29, 1.82) is 0 Å². The lowest BCUT2D eigenvalue weighted by atomic mass is 9.86. The second-order valence-electron chi connectivity index (χ2n) is 4.65. The highest BCUT2D eigenvalue weighted by Gasteiger charge is 2.30. The predicted octanol–water partition coefficient (Wildman–Crippen LogP) is 2.27. The molecule has 2 rings (SSSR count). The molecule has 1 aromatic rings. The fourth-order valence-corrected chi connectivity index (χ4v) is 3.50. The van der Waals surface area contributed by atoms with Gasteiger partial charge < -0.3 is 10.0 Å². The Bertz CT molecular complexity index is 495. The fraction of sp³-hybridized carbons (Fsp3) is 0.429. The highest BCUT2D eigenvalue weighted by molar-refractivity contribution is 7.10. The number of aryl methyl sites for hydroxylation is 1. The van der Waals surface area contributed by atoms with Crippen molar-refractivity contribution in [1.82, 2.24) is 4.90 Å². The van der Waals surface area contributed by atoms with Crippen molar-refractivity contribution in [3.63, 3.8) is 0 Å². The molecule has 1 unspecified atom stereocenters. The van der Waals surface area contributed by atoms with Gasteiger partial charge >= 0.3 is 5.97 Å². The van der Waals surface area contributed by atoms with Crippen molar-refractivity contribution in [3.8, 4) is 0 Å². The summed E-state index contributed by atoms with van der Waals surface area (Å²) in [7, 11) is 0. The van der Waals surface area contributed by atoms with E-state index in [4.69, 9.17) is 5.11 Å². The van der Waals surface area contributed by atoms with Crippen molar-refractivity contribution in [2.24, 2.45) is 0 Å². The van der Waals surface area contributed by atoms with Gasteiger partial charge in [0.05, 0.1) is 5.92 Å². The van der Waals surface area contributed by atoms with Crippen LogP contribution in [0.25, 0.3) is 0 Å². The second-order valence-corrected chi connectivity index (χ2v) is 5.65. The Hall–Kier alpha value is -1.62. The number of carbonyl (C=O) groups excluding carboxylic acids is 1. The Labute approximate surface area is 116 Å². The lowest BCUT2D eigenvalue weighted by Gasteiger charge is -2.27. The number of fused-ring (bicyclic) bond motifs is 1. The molecule has 0 saturated carbocycles. The third kappa shape index (κ3) is 3.04. The fourth-order valence-electron chi connectivity index (χ4n) is 2.51. The Kier molecular flexibility index (Phi) is 4.37. The zero-order valence-corrected chi connectivity index (χ0v) is 11.5. The van der Waals surface area contributed by atoms with Crippen LogP contribution in [-0.2, 0) is 16.0 Å². The van der Waals surface area contributed by atoms with Gasteiger partial charge in [0.25, 0.3) is 0 Å². The molecule has 1 aliphatic carbocycles. The van der Waals surface area contributed by atoms with Crippen LogP contribution in [0.2, 0.25) is 0 Å². The molecule has 0 bridgehead atoms. The molecule has 1 atom stereocenters. The van der Waals surface area contributed by atoms with E-state index in [2.05, 4.69) is 6.58 Å². The largest absolute Gasteiger partial charge is 0.480 e. The van der Waals surface area contributed by atoms with E-state index >= 15 is 0 Å². The first-order valence-electron chi connectivity index (χ1n) is 6.31. The number of carboxylic acid groups (broad SMARTS) is 1. The van der Waals surface area contributed by atoms with Crippen LogP contribution in [-0.4, -0.2) is 35.0 Å². The summed E-state index contributed by atoms with van der Waals surface area (Å²) in [6.07, 6.45) is 4.38. The van der Waals surface area contributed by atoms with E-state index < -0.39 is 5.97 Å². The molecule has 5 heteroatoms. The minimum absolute atomic E-state index is 0.0957. The monoisotopic (exact) mass is 279 g/mol. The van der Waals surface area contributed by atoms with Crippen LogP contribution < -0.4 is 0 Å². The average molecular weight is 279 g/mol. The van der Waals surface area contributed by atoms with Gasteiger partial charge in [0.1, 0.15) is 6.54 Å². The predicted molar refractivity (Wildman–Crippen MR) is 74.4 cm³/mol. The number of carboxylic acids is 1. The minimum atomic E-state index is -0.989. The number of rotatable bonds is 5. The Balaban J connectivity index is 2.18. The van der Waals surface area contributed by atoms with Gasteiger partial charge in [-0.05, 0) is 36.3 Å². The number of aliphatic carboxylic acids is 1. The topological polar surface area (TPSA) is 57.6 Å². The molecule has 1 aromatic heterocycles. The summed E-state index contributed by atoms with van der Waals surface area (Å²) in [6, 6.07) is 1.99. The summed E-state index contributed by atoms with van der Waals surface area (Å²) in [6.45, 7) is 3.60. The highest BCUT2D eigenvalue weighted by atomic mass is 32.1. The SMILES string of the molecule is C=CCN(CC(=O)O)C(=O)C1CCCc2sccc21. The van der Waals surface area contributed by atoms with E-state index in [9.17, 15) is 9.59 Å². The van der Waals surface area contributed by atoms with E-state index in [-0.39, 0.29) is 24.9 Å². The minimum Gasteiger partial charge on any atom is -0.480 e. The first kappa shape index (κ1) is 13.8. The lowest BCUT2D eigenvalue weighted by molar-refractivity contribution is -0.144. The van der Waals surface area contributed by atoms with Gasteiger partial charge in [0.2, 0.25) is 5.91 Å². The van der Waals surface area contributed by atoms with Gasteiger partial charge in [-0.15, -0.1) is 17.9 Å². The molecule has 102 valence electrons. The molecule has 1 amide bonds. The van der Waals surface area contributed by atoms with Gasteiger partial charge in [-0.25, -0.2) is 0 Å². The smallest absolute Gasteiger partial charge is 0.323 e. The summed E-state index contributed by atoms with van der Waals surface area (Å²) in [4.78, 5) is 26.0. The van der Waals surface area contributed by atoms with Crippen molar-refractivity contribution in [2.75, 3.05) is 13.1 Å². The number of nitrogens with zero attached hydrogens (tertiary/aromatic N) is 1. The van der Waals surface area contributed by atoms with Crippen LogP contribution in [0.4, 0.5) is 0 Å². The van der Waals surface area contributed by atoms with Crippen molar-refractivity contribution >= 4 is 23.2 Å². The number of hydrogen-bond acceptors (Lipinski definition) is 3. The average Bonchev–Trinajstić information content (AvgIpc) is 2.85. The summed E-state index contributed by atoms with van der Waals surface area (Å²) >= 11 is 1.68. The molecular formula is C14H17NO3S. The highest BCUT2D eigenvalue weighted by Crippen LogP contribution is 2.36. The summed E-state index contributed by atoms with van der Waals surface area (Å²) in [5.41, 5.74) is 1.08. The van der Waals surface area contributed by atoms with E-state index in [1.54, 1.807) is 17.4 Å². The van der Waals surface area contributed by atoms with Gasteiger partial charge in [-0.2, -0.15) is 0 Å². The molecular weight excluding hydrogens is 262 g/mol. The van der Waals surface area contributed by atoms with Crippen molar-refractivity contribution in [3.05, 3.63) is 34.5 Å². The van der Waals surface area contributed by atoms with Crippen LogP contribution in [0.3, 0.4) is 0 Å². The van der Waals surface area contributed by atoms with Crippen LogP contribution in [0.5, 0.6) is 0 Å².